The molecule has 0 fully saturated rings. The van der Waals surface area contributed by atoms with Gasteiger partial charge in [-0.2, -0.15) is 15.8 Å². The van der Waals surface area contributed by atoms with Crippen LogP contribution in [0.4, 0.5) is 0 Å². The van der Waals surface area contributed by atoms with Gasteiger partial charge in [-0.25, -0.2) is 0 Å². The van der Waals surface area contributed by atoms with Gasteiger partial charge in [0.25, 0.3) is 0 Å². The Morgan fingerprint density at radius 1 is 1.13 bits per heavy atom. The summed E-state index contributed by atoms with van der Waals surface area (Å²) in [5, 5.41) is 29.1. The van der Waals surface area contributed by atoms with E-state index in [2.05, 4.69) is 40.8 Å². The molecule has 23 heavy (non-hydrogen) atoms. The molecule has 2 atom stereocenters. The van der Waals surface area contributed by atoms with Gasteiger partial charge in [-0.1, -0.05) is 18.2 Å². The van der Waals surface area contributed by atoms with Crippen LogP contribution in [0, 0.1) is 48.9 Å². The molecule has 0 radical (unpaired) electrons. The first kappa shape index (κ1) is 15.6. The van der Waals surface area contributed by atoms with E-state index in [1.807, 2.05) is 30.3 Å². The van der Waals surface area contributed by atoms with Crippen molar-refractivity contribution in [2.75, 3.05) is 0 Å². The Kier molecular flexibility index (Phi) is 3.88. The van der Waals surface area contributed by atoms with E-state index in [-0.39, 0.29) is 17.5 Å². The molecule has 2 aliphatic carbocycles. The molecule has 2 N–H and O–H groups in total. The Labute approximate surface area is 148 Å². The van der Waals surface area contributed by atoms with Gasteiger partial charge in [-0.15, -0.1) is 0 Å². The van der Waals surface area contributed by atoms with Crippen LogP contribution in [-0.4, -0.2) is 0 Å². The number of hydrogen-bond donors (Lipinski definition) is 1. The number of rotatable bonds is 1. The van der Waals surface area contributed by atoms with Gasteiger partial charge >= 0.3 is 0 Å². The molecule has 1 aromatic rings. The summed E-state index contributed by atoms with van der Waals surface area (Å²) >= 11 is 2.22. The summed E-state index contributed by atoms with van der Waals surface area (Å²) in [4.78, 5) is 0. The molecule has 0 amide bonds. The maximum Gasteiger partial charge on any atom is 0.191 e. The molecule has 0 heterocycles. The normalized spacial score (nSPS) is 24.9. The predicted octanol–water partition coefficient (Wildman–Crippen LogP) is 3.49. The maximum absolute atomic E-state index is 9.81. The van der Waals surface area contributed by atoms with Gasteiger partial charge in [0, 0.05) is 9.49 Å². The fraction of sp³-hybridized carbons (Fsp3) is 0.278. The minimum atomic E-state index is -1.50. The van der Waals surface area contributed by atoms with E-state index in [4.69, 9.17) is 5.73 Å². The van der Waals surface area contributed by atoms with Gasteiger partial charge in [-0.05, 0) is 64.6 Å². The highest BCUT2D eigenvalue weighted by molar-refractivity contribution is 14.1. The van der Waals surface area contributed by atoms with Crippen molar-refractivity contribution < 1.29 is 0 Å². The summed E-state index contributed by atoms with van der Waals surface area (Å²) in [6.45, 7) is 0. The van der Waals surface area contributed by atoms with Crippen molar-refractivity contribution in [3.63, 3.8) is 0 Å². The monoisotopic (exact) mass is 412 g/mol. The molecule has 2 aliphatic rings. The van der Waals surface area contributed by atoms with Crippen molar-refractivity contribution in [1.82, 2.24) is 0 Å². The fourth-order valence-electron chi connectivity index (χ4n) is 3.74. The minimum absolute atomic E-state index is 0.0173. The van der Waals surface area contributed by atoms with Crippen LogP contribution in [0.5, 0.6) is 0 Å². The second kappa shape index (κ2) is 5.72. The lowest BCUT2D eigenvalue weighted by atomic mass is 9.59. The van der Waals surface area contributed by atoms with Crippen LogP contribution in [0.15, 0.2) is 47.2 Å². The zero-order valence-corrected chi connectivity index (χ0v) is 14.4. The van der Waals surface area contributed by atoms with E-state index in [0.29, 0.717) is 5.57 Å². The summed E-state index contributed by atoms with van der Waals surface area (Å²) in [6.07, 6.45) is 3.69. The third-order valence-electron chi connectivity index (χ3n) is 4.79. The zero-order chi connectivity index (χ0) is 16.6. The highest BCUT2D eigenvalue weighted by Crippen LogP contribution is 2.56. The van der Waals surface area contributed by atoms with Crippen molar-refractivity contribution >= 4 is 22.6 Å². The first-order valence-electron chi connectivity index (χ1n) is 7.27. The summed E-state index contributed by atoms with van der Waals surface area (Å²) in [6, 6.07) is 14.2. The largest absolute Gasteiger partial charge is 0.399 e. The molecule has 0 aromatic heterocycles. The highest BCUT2D eigenvalue weighted by Gasteiger charge is 2.54. The smallest absolute Gasteiger partial charge is 0.191 e. The van der Waals surface area contributed by atoms with Gasteiger partial charge in [-0.3, -0.25) is 0 Å². The molecule has 4 nitrogen and oxygen atoms in total. The number of nitrogens with two attached hydrogens (primary N) is 1. The molecule has 0 aliphatic heterocycles. The first-order valence-corrected chi connectivity index (χ1v) is 8.35. The molecule has 5 heteroatoms. The number of nitrogens with zero attached hydrogens (tertiary/aromatic N) is 3. The molecule has 0 spiro atoms. The number of halogens is 1. The summed E-state index contributed by atoms with van der Waals surface area (Å²) in [5.41, 5.74) is 6.91. The summed E-state index contributed by atoms with van der Waals surface area (Å²) < 4.78 is 1.09. The zero-order valence-electron chi connectivity index (χ0n) is 12.3. The van der Waals surface area contributed by atoms with Crippen LogP contribution in [0.3, 0.4) is 0 Å². The number of benzene rings is 1. The van der Waals surface area contributed by atoms with Gasteiger partial charge in [0.2, 0.25) is 0 Å². The van der Waals surface area contributed by atoms with E-state index in [0.717, 1.165) is 27.5 Å². The number of nitriles is 3. The van der Waals surface area contributed by atoms with E-state index < -0.39 is 5.41 Å². The molecular weight excluding hydrogens is 399 g/mol. The Balaban J connectivity index is 2.29. The number of allylic oxidation sites excluding steroid dienone is 4. The SMILES string of the molecule is N#CC1=C(N)C(C#N)(C#N)[C@@H](c2ccc(I)cc2)[C@H]2CCC=C12. The maximum atomic E-state index is 9.81. The molecule has 0 saturated heterocycles. The van der Waals surface area contributed by atoms with Crippen LogP contribution >= 0.6 is 22.6 Å². The quantitative estimate of drug-likeness (QED) is 0.714. The first-order chi connectivity index (χ1) is 11.1. The molecule has 3 rings (SSSR count). The molecule has 0 bridgehead atoms. The molecule has 1 aromatic carbocycles. The number of fused-ring (bicyclic) bond motifs is 1. The fourth-order valence-corrected chi connectivity index (χ4v) is 4.10. The van der Waals surface area contributed by atoms with Gasteiger partial charge in [0.1, 0.15) is 6.07 Å². The topological polar surface area (TPSA) is 97.4 Å². The third-order valence-corrected chi connectivity index (χ3v) is 5.51. The minimum Gasteiger partial charge on any atom is -0.399 e. The van der Waals surface area contributed by atoms with Crippen molar-refractivity contribution in [3.05, 3.63) is 56.3 Å². The van der Waals surface area contributed by atoms with E-state index in [9.17, 15) is 15.8 Å². The second-order valence-electron chi connectivity index (χ2n) is 5.80. The standard InChI is InChI=1S/C18H13IN4/c19-12-6-4-11(5-7-12)16-14-3-1-2-13(14)15(8-20)17(23)18(16,9-21)10-22/h2,4-7,14,16H,1,3,23H2/t14-,16-/m0/s1. The molecule has 0 unspecified atom stereocenters. The van der Waals surface area contributed by atoms with E-state index in [1.165, 1.54) is 0 Å². The van der Waals surface area contributed by atoms with Gasteiger partial charge in [0.05, 0.1) is 23.4 Å². The summed E-state index contributed by atoms with van der Waals surface area (Å²) in [7, 11) is 0. The van der Waals surface area contributed by atoms with E-state index >= 15 is 0 Å². The highest BCUT2D eigenvalue weighted by atomic mass is 127. The van der Waals surface area contributed by atoms with Crippen LogP contribution in [-0.2, 0) is 0 Å². The number of hydrogen-bond acceptors (Lipinski definition) is 4. The van der Waals surface area contributed by atoms with Crippen LogP contribution in [0.25, 0.3) is 0 Å². The van der Waals surface area contributed by atoms with Crippen LogP contribution in [0.1, 0.15) is 24.3 Å². The predicted molar refractivity (Wildman–Crippen MR) is 93.2 cm³/mol. The lowest BCUT2D eigenvalue weighted by Gasteiger charge is -2.40. The third kappa shape index (κ3) is 2.14. The van der Waals surface area contributed by atoms with Gasteiger partial charge < -0.3 is 5.73 Å². The van der Waals surface area contributed by atoms with E-state index in [1.54, 1.807) is 0 Å². The molecule has 112 valence electrons. The van der Waals surface area contributed by atoms with Crippen molar-refractivity contribution in [1.29, 1.82) is 15.8 Å². The Hall–Kier alpha value is -2.30. The average Bonchev–Trinajstić information content (AvgIpc) is 3.04. The Bertz CT molecular complexity index is 829. The molecule has 0 saturated carbocycles. The Morgan fingerprint density at radius 3 is 2.35 bits per heavy atom. The van der Waals surface area contributed by atoms with Crippen LogP contribution < -0.4 is 5.73 Å². The van der Waals surface area contributed by atoms with Crippen LogP contribution in [0.2, 0.25) is 0 Å². The average molecular weight is 412 g/mol. The molecular formula is C18H13IN4. The van der Waals surface area contributed by atoms with Crippen molar-refractivity contribution in [2.24, 2.45) is 17.1 Å². The van der Waals surface area contributed by atoms with Crippen molar-refractivity contribution in [3.8, 4) is 18.2 Å². The Morgan fingerprint density at radius 2 is 1.78 bits per heavy atom. The lowest BCUT2D eigenvalue weighted by Crippen LogP contribution is -2.41. The summed E-state index contributed by atoms with van der Waals surface area (Å²) in [5.74, 6) is -0.364. The lowest BCUT2D eigenvalue weighted by molar-refractivity contribution is 0.345. The second-order valence-corrected chi connectivity index (χ2v) is 7.05. The van der Waals surface area contributed by atoms with Gasteiger partial charge in [0.15, 0.2) is 5.41 Å². The van der Waals surface area contributed by atoms with Crippen molar-refractivity contribution in [2.45, 2.75) is 18.8 Å².